The minimum absolute atomic E-state index is 0.443. The molecule has 0 saturated heterocycles. The summed E-state index contributed by atoms with van der Waals surface area (Å²) >= 11 is 0. The van der Waals surface area contributed by atoms with Gasteiger partial charge in [-0.1, -0.05) is 26.0 Å². The van der Waals surface area contributed by atoms with Crippen molar-refractivity contribution in [2.24, 2.45) is 0 Å². The van der Waals surface area contributed by atoms with Crippen molar-refractivity contribution in [2.45, 2.75) is 45.8 Å². The maximum Gasteiger partial charge on any atom is 0.119 e. The third-order valence-corrected chi connectivity index (χ3v) is 3.60. The molecule has 0 heterocycles. The molecule has 1 N–H and O–H groups in total. The lowest BCUT2D eigenvalue weighted by Gasteiger charge is -2.28. The molecule has 1 rings (SSSR count). The zero-order valence-electron chi connectivity index (χ0n) is 12.6. The van der Waals surface area contributed by atoms with Crippen LogP contribution < -0.4 is 4.74 Å². The van der Waals surface area contributed by atoms with E-state index in [1.54, 1.807) is 0 Å². The monoisotopic (exact) mass is 265 g/mol. The summed E-state index contributed by atoms with van der Waals surface area (Å²) < 4.78 is 5.40. The molecule has 1 aromatic rings. The Bertz CT molecular complexity index is 346. The lowest BCUT2D eigenvalue weighted by Crippen LogP contribution is -2.34. The first-order valence-electron chi connectivity index (χ1n) is 7.23. The highest BCUT2D eigenvalue weighted by atomic mass is 16.5. The lowest BCUT2D eigenvalue weighted by atomic mass is 10.1. The van der Waals surface area contributed by atoms with Crippen LogP contribution in [0.1, 0.15) is 45.3 Å². The van der Waals surface area contributed by atoms with Gasteiger partial charge in [0.25, 0.3) is 0 Å². The molecule has 19 heavy (non-hydrogen) atoms. The molecular formula is C16H27NO2. The van der Waals surface area contributed by atoms with Crippen molar-refractivity contribution in [3.63, 3.8) is 0 Å². The molecule has 1 unspecified atom stereocenters. The maximum absolute atomic E-state index is 10.3. The van der Waals surface area contributed by atoms with Gasteiger partial charge in [0.2, 0.25) is 0 Å². The molecule has 0 aliphatic carbocycles. The van der Waals surface area contributed by atoms with Crippen molar-refractivity contribution in [3.05, 3.63) is 29.8 Å². The van der Waals surface area contributed by atoms with E-state index < -0.39 is 6.10 Å². The molecule has 0 saturated carbocycles. The first-order chi connectivity index (χ1) is 9.12. The standard InChI is InChI=1S/C16H27NO2/c1-5-14(6-2)17(4)12-16(18)13-8-10-15(11-9-13)19-7-3/h8-11,14,16,18H,5-7,12H2,1-4H3. The molecule has 0 bridgehead atoms. The van der Waals surface area contributed by atoms with Crippen LogP contribution in [-0.4, -0.2) is 36.2 Å². The molecule has 108 valence electrons. The summed E-state index contributed by atoms with van der Waals surface area (Å²) in [5, 5.41) is 10.3. The normalized spacial score (nSPS) is 13.0. The van der Waals surface area contributed by atoms with Crippen LogP contribution >= 0.6 is 0 Å². The number of benzene rings is 1. The molecule has 0 aromatic heterocycles. The highest BCUT2D eigenvalue weighted by Gasteiger charge is 2.15. The van der Waals surface area contributed by atoms with Crippen molar-refractivity contribution in [1.29, 1.82) is 0 Å². The van der Waals surface area contributed by atoms with Crippen LogP contribution in [0.4, 0.5) is 0 Å². The van der Waals surface area contributed by atoms with E-state index >= 15 is 0 Å². The van der Waals surface area contributed by atoms with Crippen LogP contribution in [0.2, 0.25) is 0 Å². The van der Waals surface area contributed by atoms with E-state index in [1.807, 2.05) is 31.2 Å². The number of aliphatic hydroxyl groups excluding tert-OH is 1. The van der Waals surface area contributed by atoms with Crippen LogP contribution in [0.15, 0.2) is 24.3 Å². The van der Waals surface area contributed by atoms with Gasteiger partial charge in [-0.3, -0.25) is 0 Å². The Hall–Kier alpha value is -1.06. The minimum atomic E-state index is -0.443. The summed E-state index contributed by atoms with van der Waals surface area (Å²) in [4.78, 5) is 2.24. The molecule has 0 amide bonds. The van der Waals surface area contributed by atoms with Crippen LogP contribution in [0.25, 0.3) is 0 Å². The van der Waals surface area contributed by atoms with E-state index in [0.717, 1.165) is 24.2 Å². The van der Waals surface area contributed by atoms with Gasteiger partial charge in [0.15, 0.2) is 0 Å². The van der Waals surface area contributed by atoms with E-state index in [2.05, 4.69) is 25.8 Å². The van der Waals surface area contributed by atoms with Crippen molar-refractivity contribution >= 4 is 0 Å². The van der Waals surface area contributed by atoms with Gasteiger partial charge in [-0.25, -0.2) is 0 Å². The largest absolute Gasteiger partial charge is 0.494 e. The summed E-state index contributed by atoms with van der Waals surface area (Å²) in [6.45, 7) is 7.68. The number of rotatable bonds is 8. The Morgan fingerprint density at radius 3 is 2.16 bits per heavy atom. The summed E-state index contributed by atoms with van der Waals surface area (Å²) in [7, 11) is 2.08. The van der Waals surface area contributed by atoms with Gasteiger partial charge in [-0.05, 0) is 44.5 Å². The smallest absolute Gasteiger partial charge is 0.119 e. The fourth-order valence-electron chi connectivity index (χ4n) is 2.39. The lowest BCUT2D eigenvalue weighted by molar-refractivity contribution is 0.101. The van der Waals surface area contributed by atoms with Gasteiger partial charge in [0, 0.05) is 12.6 Å². The summed E-state index contributed by atoms with van der Waals surface area (Å²) in [6, 6.07) is 8.25. The van der Waals surface area contributed by atoms with E-state index in [-0.39, 0.29) is 0 Å². The van der Waals surface area contributed by atoms with Gasteiger partial charge < -0.3 is 14.7 Å². The molecule has 0 fully saturated rings. The topological polar surface area (TPSA) is 32.7 Å². The molecular weight excluding hydrogens is 238 g/mol. The summed E-state index contributed by atoms with van der Waals surface area (Å²) in [5.74, 6) is 0.854. The predicted molar refractivity (Wildman–Crippen MR) is 79.6 cm³/mol. The van der Waals surface area contributed by atoms with Crippen molar-refractivity contribution in [1.82, 2.24) is 4.90 Å². The molecule has 1 aromatic carbocycles. The van der Waals surface area contributed by atoms with Gasteiger partial charge in [0.05, 0.1) is 12.7 Å². The molecule has 1 atom stereocenters. The van der Waals surface area contributed by atoms with E-state index in [9.17, 15) is 5.11 Å². The number of likely N-dealkylation sites (N-methyl/N-ethyl adjacent to an activating group) is 1. The highest BCUT2D eigenvalue weighted by Crippen LogP contribution is 2.20. The van der Waals surface area contributed by atoms with Gasteiger partial charge in [-0.2, -0.15) is 0 Å². The Labute approximate surface area is 117 Å². The van der Waals surface area contributed by atoms with Crippen molar-refractivity contribution in [3.8, 4) is 5.75 Å². The second-order valence-corrected chi connectivity index (χ2v) is 4.93. The third-order valence-electron chi connectivity index (χ3n) is 3.60. The zero-order valence-corrected chi connectivity index (χ0v) is 12.6. The van der Waals surface area contributed by atoms with E-state index in [0.29, 0.717) is 19.2 Å². The van der Waals surface area contributed by atoms with Crippen molar-refractivity contribution < 1.29 is 9.84 Å². The van der Waals surface area contributed by atoms with Crippen LogP contribution in [0.5, 0.6) is 5.75 Å². The Morgan fingerprint density at radius 2 is 1.68 bits per heavy atom. The predicted octanol–water partition coefficient (Wildman–Crippen LogP) is 3.24. The van der Waals surface area contributed by atoms with Gasteiger partial charge in [0.1, 0.15) is 5.75 Å². The average Bonchev–Trinajstić information content (AvgIpc) is 2.41. The second-order valence-electron chi connectivity index (χ2n) is 4.93. The van der Waals surface area contributed by atoms with E-state index in [1.165, 1.54) is 0 Å². The number of hydrogen-bond acceptors (Lipinski definition) is 3. The first-order valence-corrected chi connectivity index (χ1v) is 7.23. The first kappa shape index (κ1) is 16.0. The molecule has 0 aliphatic heterocycles. The Morgan fingerprint density at radius 1 is 1.11 bits per heavy atom. The SMILES string of the molecule is CCOc1ccc(C(O)CN(C)C(CC)CC)cc1. The van der Waals surface area contributed by atoms with Crippen LogP contribution in [0.3, 0.4) is 0 Å². The Kier molecular flexibility index (Phi) is 6.89. The van der Waals surface area contributed by atoms with Crippen LogP contribution in [-0.2, 0) is 0 Å². The summed E-state index contributed by atoms with van der Waals surface area (Å²) in [6.07, 6.45) is 1.78. The molecule has 0 radical (unpaired) electrons. The van der Waals surface area contributed by atoms with E-state index in [4.69, 9.17) is 4.74 Å². The van der Waals surface area contributed by atoms with Gasteiger partial charge in [-0.15, -0.1) is 0 Å². The second kappa shape index (κ2) is 8.18. The molecule has 3 nitrogen and oxygen atoms in total. The fourth-order valence-corrected chi connectivity index (χ4v) is 2.39. The fraction of sp³-hybridized carbons (Fsp3) is 0.625. The zero-order chi connectivity index (χ0) is 14.3. The molecule has 0 spiro atoms. The summed E-state index contributed by atoms with van der Waals surface area (Å²) in [5.41, 5.74) is 0.946. The van der Waals surface area contributed by atoms with Crippen LogP contribution in [0, 0.1) is 0 Å². The number of ether oxygens (including phenoxy) is 1. The third kappa shape index (κ3) is 4.84. The van der Waals surface area contributed by atoms with Gasteiger partial charge >= 0.3 is 0 Å². The molecule has 3 heteroatoms. The number of hydrogen-bond donors (Lipinski definition) is 1. The maximum atomic E-state index is 10.3. The number of nitrogens with zero attached hydrogens (tertiary/aromatic N) is 1. The highest BCUT2D eigenvalue weighted by molar-refractivity contribution is 5.28. The van der Waals surface area contributed by atoms with Crippen molar-refractivity contribution in [2.75, 3.05) is 20.2 Å². The molecule has 0 aliphatic rings. The minimum Gasteiger partial charge on any atom is -0.494 e. The number of aliphatic hydroxyl groups is 1. The Balaban J connectivity index is 2.59. The average molecular weight is 265 g/mol. The quantitative estimate of drug-likeness (QED) is 0.783.